The Morgan fingerprint density at radius 2 is 1.72 bits per heavy atom. The molecule has 29 heavy (non-hydrogen) atoms. The van der Waals surface area contributed by atoms with Crippen LogP contribution < -0.4 is 14.8 Å². The highest BCUT2D eigenvalue weighted by atomic mass is 16.5. The molecule has 0 aromatic heterocycles. The Balaban J connectivity index is 1.86. The summed E-state index contributed by atoms with van der Waals surface area (Å²) in [7, 11) is 3.05. The second-order valence-corrected chi connectivity index (χ2v) is 7.90. The quantitative estimate of drug-likeness (QED) is 0.562. The number of methoxy groups -OCH3 is 2. The lowest BCUT2D eigenvalue weighted by atomic mass is 9.85. The van der Waals surface area contributed by atoms with E-state index in [2.05, 4.69) is 5.32 Å². The number of ether oxygens (including phenoxy) is 2. The molecule has 1 saturated heterocycles. The van der Waals surface area contributed by atoms with Crippen LogP contribution in [0.1, 0.15) is 33.1 Å². The predicted octanol–water partition coefficient (Wildman–Crippen LogP) is 3.01. The summed E-state index contributed by atoms with van der Waals surface area (Å²) in [5.41, 5.74) is 0.463. The zero-order valence-corrected chi connectivity index (χ0v) is 17.3. The van der Waals surface area contributed by atoms with E-state index >= 15 is 0 Å². The topological polar surface area (TPSA) is 84.9 Å². The van der Waals surface area contributed by atoms with Gasteiger partial charge in [-0.15, -0.1) is 0 Å². The van der Waals surface area contributed by atoms with Gasteiger partial charge in [0, 0.05) is 6.07 Å². The van der Waals surface area contributed by atoms with Crippen molar-refractivity contribution in [2.45, 2.75) is 39.2 Å². The normalized spacial score (nSPS) is 21.9. The summed E-state index contributed by atoms with van der Waals surface area (Å²) in [5.74, 6) is -0.423. The summed E-state index contributed by atoms with van der Waals surface area (Å²) in [6, 6.07) is 4.20. The van der Waals surface area contributed by atoms with Gasteiger partial charge in [-0.25, -0.2) is 0 Å². The van der Waals surface area contributed by atoms with Gasteiger partial charge in [-0.3, -0.25) is 19.3 Å². The third kappa shape index (κ3) is 4.13. The first kappa shape index (κ1) is 20.9. The molecule has 3 atom stereocenters. The molecular weight excluding hydrogens is 372 g/mol. The number of carbonyl (C=O) groups excluding carboxylic acids is 3. The maximum atomic E-state index is 13.2. The Hall–Kier alpha value is -2.83. The number of rotatable bonds is 7. The lowest BCUT2D eigenvalue weighted by Crippen LogP contribution is -2.48. The van der Waals surface area contributed by atoms with Crippen molar-refractivity contribution in [2.75, 3.05) is 19.5 Å². The van der Waals surface area contributed by atoms with Gasteiger partial charge in [0.1, 0.15) is 17.5 Å². The zero-order valence-electron chi connectivity index (χ0n) is 17.3. The summed E-state index contributed by atoms with van der Waals surface area (Å²) < 4.78 is 10.5. The average molecular weight is 400 g/mol. The van der Waals surface area contributed by atoms with Crippen molar-refractivity contribution >= 4 is 23.4 Å². The SMILES string of the molecule is COc1ccc(NC(=O)[C@H](CC(C)C)N2C(=O)[C@H]3CC=CC[C@@H]3C2=O)c(OC)c1. The van der Waals surface area contributed by atoms with Crippen molar-refractivity contribution in [3.05, 3.63) is 30.4 Å². The molecule has 1 heterocycles. The lowest BCUT2D eigenvalue weighted by Gasteiger charge is -2.27. The maximum Gasteiger partial charge on any atom is 0.247 e. The number of anilines is 1. The fourth-order valence-corrected chi connectivity index (χ4v) is 4.03. The fraction of sp³-hybridized carbons (Fsp3) is 0.500. The van der Waals surface area contributed by atoms with Crippen molar-refractivity contribution in [1.82, 2.24) is 4.90 Å². The van der Waals surface area contributed by atoms with Crippen molar-refractivity contribution < 1.29 is 23.9 Å². The van der Waals surface area contributed by atoms with E-state index in [1.807, 2.05) is 26.0 Å². The molecule has 1 aromatic carbocycles. The Morgan fingerprint density at radius 3 is 2.24 bits per heavy atom. The smallest absolute Gasteiger partial charge is 0.247 e. The largest absolute Gasteiger partial charge is 0.497 e. The lowest BCUT2D eigenvalue weighted by molar-refractivity contribution is -0.147. The molecule has 1 N–H and O–H groups in total. The number of amides is 3. The van der Waals surface area contributed by atoms with Crippen LogP contribution in [0.2, 0.25) is 0 Å². The molecule has 0 unspecified atom stereocenters. The van der Waals surface area contributed by atoms with E-state index in [9.17, 15) is 14.4 Å². The fourth-order valence-electron chi connectivity index (χ4n) is 4.03. The second kappa shape index (κ2) is 8.68. The zero-order chi connectivity index (χ0) is 21.1. The molecule has 0 saturated carbocycles. The number of nitrogens with zero attached hydrogens (tertiary/aromatic N) is 1. The minimum Gasteiger partial charge on any atom is -0.497 e. The van der Waals surface area contributed by atoms with Gasteiger partial charge in [-0.2, -0.15) is 0 Å². The molecule has 0 spiro atoms. The van der Waals surface area contributed by atoms with Crippen molar-refractivity contribution in [3.63, 3.8) is 0 Å². The van der Waals surface area contributed by atoms with Crippen molar-refractivity contribution in [3.8, 4) is 11.5 Å². The summed E-state index contributed by atoms with van der Waals surface area (Å²) in [6.07, 6.45) is 5.38. The Morgan fingerprint density at radius 1 is 1.10 bits per heavy atom. The number of fused-ring (bicyclic) bond motifs is 1. The minimum absolute atomic E-state index is 0.130. The highest BCUT2D eigenvalue weighted by Gasteiger charge is 2.51. The van der Waals surface area contributed by atoms with Gasteiger partial charge in [0.25, 0.3) is 0 Å². The molecule has 1 aromatic rings. The monoisotopic (exact) mass is 400 g/mol. The average Bonchev–Trinajstić information content (AvgIpc) is 2.97. The molecule has 1 aliphatic carbocycles. The van der Waals surface area contributed by atoms with E-state index in [0.29, 0.717) is 36.4 Å². The van der Waals surface area contributed by atoms with Crippen LogP contribution in [0.5, 0.6) is 11.5 Å². The molecule has 2 aliphatic rings. The Bertz CT molecular complexity index is 806. The van der Waals surface area contributed by atoms with Gasteiger partial charge in [-0.1, -0.05) is 26.0 Å². The number of carbonyl (C=O) groups is 3. The maximum absolute atomic E-state index is 13.2. The van der Waals surface area contributed by atoms with E-state index in [4.69, 9.17) is 9.47 Å². The third-order valence-corrected chi connectivity index (χ3v) is 5.52. The molecule has 3 amide bonds. The van der Waals surface area contributed by atoms with Crippen LogP contribution in [-0.2, 0) is 14.4 Å². The molecule has 0 bridgehead atoms. The summed E-state index contributed by atoms with van der Waals surface area (Å²) in [4.78, 5) is 40.4. The van der Waals surface area contributed by atoms with Gasteiger partial charge >= 0.3 is 0 Å². The Labute approximate surface area is 171 Å². The van der Waals surface area contributed by atoms with Gasteiger partial charge in [-0.05, 0) is 37.3 Å². The molecule has 7 heteroatoms. The first-order valence-corrected chi connectivity index (χ1v) is 9.92. The van der Waals surface area contributed by atoms with Crippen LogP contribution in [0.15, 0.2) is 30.4 Å². The molecule has 156 valence electrons. The van der Waals surface area contributed by atoms with Crippen LogP contribution in [0.25, 0.3) is 0 Å². The van der Waals surface area contributed by atoms with Crippen LogP contribution >= 0.6 is 0 Å². The number of nitrogens with one attached hydrogen (secondary N) is 1. The van der Waals surface area contributed by atoms with Crippen LogP contribution in [0.3, 0.4) is 0 Å². The van der Waals surface area contributed by atoms with Gasteiger partial charge < -0.3 is 14.8 Å². The van der Waals surface area contributed by atoms with E-state index in [1.54, 1.807) is 25.3 Å². The standard InChI is InChI=1S/C22H28N2O5/c1-13(2)11-18(24-21(26)15-7-5-6-8-16(15)22(24)27)20(25)23-17-10-9-14(28-3)12-19(17)29-4/h5-6,9-10,12-13,15-16,18H,7-8,11H2,1-4H3,(H,23,25)/t15-,16-,18-/m0/s1. The molecule has 3 rings (SSSR count). The van der Waals surface area contributed by atoms with Crippen molar-refractivity contribution in [2.24, 2.45) is 17.8 Å². The Kier molecular flexibility index (Phi) is 6.25. The van der Waals surface area contributed by atoms with Gasteiger partial charge in [0.15, 0.2) is 0 Å². The number of imide groups is 1. The van der Waals surface area contributed by atoms with Crippen LogP contribution in [0, 0.1) is 17.8 Å². The summed E-state index contributed by atoms with van der Waals surface area (Å²) in [6.45, 7) is 3.93. The molecule has 0 radical (unpaired) electrons. The van der Waals surface area contributed by atoms with E-state index in [-0.39, 0.29) is 29.6 Å². The first-order valence-electron chi connectivity index (χ1n) is 9.92. The molecule has 1 fully saturated rings. The highest BCUT2D eigenvalue weighted by Crippen LogP contribution is 2.37. The number of likely N-dealkylation sites (tertiary alicyclic amines) is 1. The molecule has 1 aliphatic heterocycles. The number of hydrogen-bond donors (Lipinski definition) is 1. The molecule has 7 nitrogen and oxygen atoms in total. The third-order valence-electron chi connectivity index (χ3n) is 5.52. The number of hydrogen-bond acceptors (Lipinski definition) is 5. The van der Waals surface area contributed by atoms with E-state index in [0.717, 1.165) is 0 Å². The van der Waals surface area contributed by atoms with Crippen molar-refractivity contribution in [1.29, 1.82) is 0 Å². The van der Waals surface area contributed by atoms with Gasteiger partial charge in [0.2, 0.25) is 17.7 Å². The predicted molar refractivity (Wildman–Crippen MR) is 109 cm³/mol. The second-order valence-electron chi connectivity index (χ2n) is 7.90. The first-order chi connectivity index (χ1) is 13.9. The minimum atomic E-state index is -0.854. The summed E-state index contributed by atoms with van der Waals surface area (Å²) in [5, 5.41) is 2.84. The summed E-state index contributed by atoms with van der Waals surface area (Å²) >= 11 is 0. The number of benzene rings is 1. The van der Waals surface area contributed by atoms with E-state index in [1.165, 1.54) is 12.0 Å². The van der Waals surface area contributed by atoms with Gasteiger partial charge in [0.05, 0.1) is 31.7 Å². The van der Waals surface area contributed by atoms with E-state index < -0.39 is 11.9 Å². The van der Waals surface area contributed by atoms with Crippen LogP contribution in [0.4, 0.5) is 5.69 Å². The highest BCUT2D eigenvalue weighted by molar-refractivity contribution is 6.10. The number of allylic oxidation sites excluding steroid dienone is 2. The van der Waals surface area contributed by atoms with Crippen LogP contribution in [-0.4, -0.2) is 42.9 Å². The molecular formula is C22H28N2O5.